The summed E-state index contributed by atoms with van der Waals surface area (Å²) in [5.41, 5.74) is 5.23. The Hall–Kier alpha value is -2.03. The minimum absolute atomic E-state index is 0.203. The average Bonchev–Trinajstić information content (AvgIpc) is 2.42. The van der Waals surface area contributed by atoms with E-state index in [0.29, 0.717) is 6.54 Å². The minimum Gasteiger partial charge on any atom is -0.496 e. The Morgan fingerprint density at radius 1 is 1.05 bits per heavy atom. The van der Waals surface area contributed by atoms with Gasteiger partial charge in [-0.25, -0.2) is 4.39 Å². The van der Waals surface area contributed by atoms with E-state index in [2.05, 4.69) is 5.32 Å². The van der Waals surface area contributed by atoms with Crippen molar-refractivity contribution in [2.24, 2.45) is 0 Å². The molecule has 0 aliphatic carbocycles. The summed E-state index contributed by atoms with van der Waals surface area (Å²) < 4.78 is 18.7. The summed E-state index contributed by atoms with van der Waals surface area (Å²) in [6, 6.07) is 8.91. The van der Waals surface area contributed by atoms with E-state index in [1.165, 1.54) is 6.07 Å². The van der Waals surface area contributed by atoms with Crippen LogP contribution in [0.3, 0.4) is 0 Å². The van der Waals surface area contributed by atoms with Crippen LogP contribution < -0.4 is 10.1 Å². The lowest BCUT2D eigenvalue weighted by molar-refractivity contribution is 0.409. The maximum atomic E-state index is 13.3. The third-order valence-electron chi connectivity index (χ3n) is 3.59. The zero-order chi connectivity index (χ0) is 14.7. The molecule has 2 rings (SSSR count). The smallest absolute Gasteiger partial charge is 0.126 e. The highest BCUT2D eigenvalue weighted by molar-refractivity contribution is 5.59. The number of ether oxygens (including phenoxy) is 1. The fourth-order valence-corrected chi connectivity index (χ4v) is 2.35. The predicted octanol–water partition coefficient (Wildman–Crippen LogP) is 4.37. The number of nitrogens with one attached hydrogen (secondary N) is 1. The van der Waals surface area contributed by atoms with Gasteiger partial charge in [0.25, 0.3) is 0 Å². The molecule has 0 saturated carbocycles. The number of aryl methyl sites for hydroxylation is 2. The molecule has 2 nitrogen and oxygen atoms in total. The summed E-state index contributed by atoms with van der Waals surface area (Å²) in [6.45, 7) is 6.62. The fraction of sp³-hybridized carbons (Fsp3) is 0.294. The highest BCUT2D eigenvalue weighted by Gasteiger charge is 2.08. The van der Waals surface area contributed by atoms with Crippen molar-refractivity contribution in [1.29, 1.82) is 0 Å². The third kappa shape index (κ3) is 2.93. The van der Waals surface area contributed by atoms with Gasteiger partial charge in [-0.2, -0.15) is 0 Å². The van der Waals surface area contributed by atoms with E-state index in [1.807, 2.05) is 32.9 Å². The zero-order valence-corrected chi connectivity index (χ0v) is 12.4. The Bertz CT molecular complexity index is 623. The first-order valence-electron chi connectivity index (χ1n) is 6.66. The molecule has 20 heavy (non-hydrogen) atoms. The van der Waals surface area contributed by atoms with Crippen LogP contribution in [0.2, 0.25) is 0 Å². The number of halogens is 1. The molecular weight excluding hydrogens is 253 g/mol. The van der Waals surface area contributed by atoms with Crippen LogP contribution in [0.1, 0.15) is 22.3 Å². The Labute approximate surface area is 119 Å². The molecule has 0 radical (unpaired) electrons. The van der Waals surface area contributed by atoms with Crippen molar-refractivity contribution in [2.45, 2.75) is 27.3 Å². The first kappa shape index (κ1) is 14.4. The number of anilines is 1. The van der Waals surface area contributed by atoms with Crippen LogP contribution in [0, 0.1) is 26.6 Å². The molecule has 0 aliphatic heterocycles. The second-order valence-electron chi connectivity index (χ2n) is 5.01. The molecular formula is C17H20FNO. The van der Waals surface area contributed by atoms with Crippen LogP contribution in [0.25, 0.3) is 0 Å². The molecule has 1 N–H and O–H groups in total. The first-order chi connectivity index (χ1) is 9.52. The van der Waals surface area contributed by atoms with Gasteiger partial charge in [0.05, 0.1) is 7.11 Å². The molecule has 2 aromatic rings. The van der Waals surface area contributed by atoms with Gasteiger partial charge in [0.15, 0.2) is 0 Å². The molecule has 0 bridgehead atoms. The van der Waals surface area contributed by atoms with Gasteiger partial charge in [0.2, 0.25) is 0 Å². The second-order valence-corrected chi connectivity index (χ2v) is 5.01. The van der Waals surface area contributed by atoms with E-state index in [4.69, 9.17) is 4.74 Å². The first-order valence-corrected chi connectivity index (χ1v) is 6.66. The highest BCUT2D eigenvalue weighted by Crippen LogP contribution is 2.29. The topological polar surface area (TPSA) is 21.3 Å². The highest BCUT2D eigenvalue weighted by atomic mass is 19.1. The lowest BCUT2D eigenvalue weighted by Gasteiger charge is -2.15. The molecule has 0 amide bonds. The van der Waals surface area contributed by atoms with Crippen molar-refractivity contribution >= 4 is 5.69 Å². The van der Waals surface area contributed by atoms with Crippen molar-refractivity contribution in [3.8, 4) is 5.75 Å². The zero-order valence-electron chi connectivity index (χ0n) is 12.4. The quantitative estimate of drug-likeness (QED) is 0.893. The number of methoxy groups -OCH3 is 1. The van der Waals surface area contributed by atoms with Crippen molar-refractivity contribution in [3.63, 3.8) is 0 Å². The monoisotopic (exact) mass is 273 g/mol. The summed E-state index contributed by atoms with van der Waals surface area (Å²) >= 11 is 0. The lowest BCUT2D eigenvalue weighted by atomic mass is 10.1. The standard InChI is InChI=1S/C17H20FNO/c1-11-5-7-15(18)9-14(11)10-19-16-8-6-12(2)17(20-4)13(16)3/h5-9,19H,10H2,1-4H3. The third-order valence-corrected chi connectivity index (χ3v) is 3.59. The molecule has 0 heterocycles. The van der Waals surface area contributed by atoms with Crippen molar-refractivity contribution in [2.75, 3.05) is 12.4 Å². The van der Waals surface area contributed by atoms with Crippen LogP contribution in [0.15, 0.2) is 30.3 Å². The van der Waals surface area contributed by atoms with E-state index >= 15 is 0 Å². The van der Waals surface area contributed by atoms with Crippen LogP contribution in [0.5, 0.6) is 5.75 Å². The van der Waals surface area contributed by atoms with E-state index in [-0.39, 0.29) is 5.82 Å². The van der Waals surface area contributed by atoms with E-state index in [9.17, 15) is 4.39 Å². The molecule has 0 atom stereocenters. The fourth-order valence-electron chi connectivity index (χ4n) is 2.35. The summed E-state index contributed by atoms with van der Waals surface area (Å²) in [6.07, 6.45) is 0. The molecule has 0 saturated heterocycles. The Balaban J connectivity index is 2.21. The number of benzene rings is 2. The molecule has 0 fully saturated rings. The Kier molecular flexibility index (Phi) is 4.28. The number of hydrogen-bond acceptors (Lipinski definition) is 2. The summed E-state index contributed by atoms with van der Waals surface area (Å²) in [5, 5.41) is 3.35. The molecule has 0 unspecified atom stereocenters. The molecule has 2 aromatic carbocycles. The summed E-state index contributed by atoms with van der Waals surface area (Å²) in [5.74, 6) is 0.691. The largest absolute Gasteiger partial charge is 0.496 e. The van der Waals surface area contributed by atoms with Gasteiger partial charge in [0.1, 0.15) is 11.6 Å². The van der Waals surface area contributed by atoms with Gasteiger partial charge in [0, 0.05) is 17.8 Å². The van der Waals surface area contributed by atoms with Gasteiger partial charge in [-0.05, 0) is 55.7 Å². The van der Waals surface area contributed by atoms with Gasteiger partial charge in [-0.15, -0.1) is 0 Å². The summed E-state index contributed by atoms with van der Waals surface area (Å²) in [7, 11) is 1.68. The molecule has 106 valence electrons. The van der Waals surface area contributed by atoms with Gasteiger partial charge in [-0.1, -0.05) is 12.1 Å². The van der Waals surface area contributed by atoms with Gasteiger partial charge >= 0.3 is 0 Å². The maximum absolute atomic E-state index is 13.3. The minimum atomic E-state index is -0.203. The predicted molar refractivity (Wildman–Crippen MR) is 80.9 cm³/mol. The molecule has 0 aromatic heterocycles. The number of rotatable bonds is 4. The number of hydrogen-bond donors (Lipinski definition) is 1. The van der Waals surface area contributed by atoms with Crippen LogP contribution in [-0.2, 0) is 6.54 Å². The Morgan fingerprint density at radius 2 is 1.75 bits per heavy atom. The van der Waals surface area contributed by atoms with Gasteiger partial charge < -0.3 is 10.1 Å². The van der Waals surface area contributed by atoms with Crippen molar-refractivity contribution < 1.29 is 9.13 Å². The van der Waals surface area contributed by atoms with E-state index < -0.39 is 0 Å². The molecule has 0 spiro atoms. The average molecular weight is 273 g/mol. The normalized spacial score (nSPS) is 10.4. The summed E-state index contributed by atoms with van der Waals surface area (Å²) in [4.78, 5) is 0. The van der Waals surface area contributed by atoms with Crippen LogP contribution in [-0.4, -0.2) is 7.11 Å². The van der Waals surface area contributed by atoms with E-state index in [0.717, 1.165) is 33.7 Å². The van der Waals surface area contributed by atoms with E-state index in [1.54, 1.807) is 19.2 Å². The maximum Gasteiger partial charge on any atom is 0.126 e. The van der Waals surface area contributed by atoms with Crippen molar-refractivity contribution in [1.82, 2.24) is 0 Å². The van der Waals surface area contributed by atoms with Gasteiger partial charge in [-0.3, -0.25) is 0 Å². The molecule has 0 aliphatic rings. The Morgan fingerprint density at radius 3 is 2.45 bits per heavy atom. The SMILES string of the molecule is COc1c(C)ccc(NCc2cc(F)ccc2C)c1C. The molecule has 3 heteroatoms. The van der Waals surface area contributed by atoms with Crippen LogP contribution in [0.4, 0.5) is 10.1 Å². The van der Waals surface area contributed by atoms with Crippen molar-refractivity contribution in [3.05, 3.63) is 58.4 Å². The van der Waals surface area contributed by atoms with Crippen LogP contribution >= 0.6 is 0 Å². The second kappa shape index (κ2) is 5.95. The lowest BCUT2D eigenvalue weighted by Crippen LogP contribution is -2.04.